The summed E-state index contributed by atoms with van der Waals surface area (Å²) in [4.78, 5) is 4.19. The first kappa shape index (κ1) is 15.1. The third-order valence-electron chi connectivity index (χ3n) is 3.53. The predicted octanol–water partition coefficient (Wildman–Crippen LogP) is 0.252. The Bertz CT molecular complexity index is 493. The summed E-state index contributed by atoms with van der Waals surface area (Å²) in [7, 11) is -1.39. The van der Waals surface area contributed by atoms with Gasteiger partial charge in [-0.1, -0.05) is 0 Å². The highest BCUT2D eigenvalue weighted by molar-refractivity contribution is 7.92. The fourth-order valence-corrected chi connectivity index (χ4v) is 2.56. The van der Waals surface area contributed by atoms with E-state index in [0.29, 0.717) is 6.42 Å². The standard InChI is InChI=1S/C11H22N4O2S/c1-6-15-10(13-8-14-15)7-9(12-4)11(2,3)18(5,16)17/h8-9,12H,6-7H2,1-5H3. The molecule has 1 aromatic rings. The summed E-state index contributed by atoms with van der Waals surface area (Å²) in [6.45, 7) is 6.17. The van der Waals surface area contributed by atoms with E-state index in [1.54, 1.807) is 25.6 Å². The van der Waals surface area contributed by atoms with Crippen LogP contribution >= 0.6 is 0 Å². The maximum absolute atomic E-state index is 11.9. The Hall–Kier alpha value is -0.950. The summed E-state index contributed by atoms with van der Waals surface area (Å²) in [5.74, 6) is 0.800. The van der Waals surface area contributed by atoms with E-state index in [-0.39, 0.29) is 6.04 Å². The molecule has 0 bridgehead atoms. The van der Waals surface area contributed by atoms with Crippen LogP contribution in [0.25, 0.3) is 0 Å². The van der Waals surface area contributed by atoms with Gasteiger partial charge in [0.1, 0.15) is 12.2 Å². The molecule has 0 aliphatic heterocycles. The minimum absolute atomic E-state index is 0.206. The zero-order valence-electron chi connectivity index (χ0n) is 11.6. The lowest BCUT2D eigenvalue weighted by atomic mass is 9.99. The smallest absolute Gasteiger partial charge is 0.154 e. The molecular formula is C11H22N4O2S. The maximum atomic E-state index is 11.9. The molecule has 1 heterocycles. The van der Waals surface area contributed by atoms with Crippen molar-refractivity contribution in [3.8, 4) is 0 Å². The molecule has 6 nitrogen and oxygen atoms in total. The Morgan fingerprint density at radius 2 is 2.11 bits per heavy atom. The molecule has 0 spiro atoms. The average molecular weight is 274 g/mol. The number of sulfone groups is 1. The average Bonchev–Trinajstić information content (AvgIpc) is 2.71. The van der Waals surface area contributed by atoms with Crippen molar-refractivity contribution in [3.05, 3.63) is 12.2 Å². The number of nitrogens with zero attached hydrogens (tertiary/aromatic N) is 3. The quantitative estimate of drug-likeness (QED) is 0.805. The molecular weight excluding hydrogens is 252 g/mol. The molecule has 0 saturated carbocycles. The zero-order valence-corrected chi connectivity index (χ0v) is 12.5. The molecule has 0 radical (unpaired) electrons. The molecule has 0 fully saturated rings. The molecule has 1 N–H and O–H groups in total. The maximum Gasteiger partial charge on any atom is 0.154 e. The molecule has 1 aromatic heterocycles. The van der Waals surface area contributed by atoms with E-state index in [0.717, 1.165) is 12.4 Å². The van der Waals surface area contributed by atoms with Crippen molar-refractivity contribution in [1.29, 1.82) is 0 Å². The van der Waals surface area contributed by atoms with Gasteiger partial charge in [-0.3, -0.25) is 4.68 Å². The highest BCUT2D eigenvalue weighted by Gasteiger charge is 2.38. The number of nitrogens with one attached hydrogen (secondary N) is 1. The predicted molar refractivity (Wildman–Crippen MR) is 71.2 cm³/mol. The van der Waals surface area contributed by atoms with Gasteiger partial charge in [-0.15, -0.1) is 0 Å². The van der Waals surface area contributed by atoms with Gasteiger partial charge >= 0.3 is 0 Å². The van der Waals surface area contributed by atoms with Gasteiger partial charge < -0.3 is 5.32 Å². The second-order valence-electron chi connectivity index (χ2n) is 4.91. The van der Waals surface area contributed by atoms with E-state index in [2.05, 4.69) is 15.4 Å². The fraction of sp³-hybridized carbons (Fsp3) is 0.818. The largest absolute Gasteiger partial charge is 0.315 e. The molecule has 1 atom stereocenters. The summed E-state index contributed by atoms with van der Waals surface area (Å²) in [6.07, 6.45) is 3.30. The lowest BCUT2D eigenvalue weighted by Crippen LogP contribution is -2.51. The summed E-state index contributed by atoms with van der Waals surface area (Å²) in [5.41, 5.74) is 0. The summed E-state index contributed by atoms with van der Waals surface area (Å²) >= 11 is 0. The van der Waals surface area contributed by atoms with E-state index in [1.165, 1.54) is 12.6 Å². The van der Waals surface area contributed by atoms with Crippen LogP contribution in [0.5, 0.6) is 0 Å². The van der Waals surface area contributed by atoms with E-state index in [1.807, 2.05) is 6.92 Å². The SMILES string of the molecule is CCn1ncnc1CC(NC)C(C)(C)S(C)(=O)=O. The minimum atomic E-state index is -3.16. The van der Waals surface area contributed by atoms with Gasteiger partial charge in [0.05, 0.1) is 4.75 Å². The van der Waals surface area contributed by atoms with Gasteiger partial charge in [0.15, 0.2) is 9.84 Å². The number of aromatic nitrogens is 3. The van der Waals surface area contributed by atoms with Crippen LogP contribution in [0.1, 0.15) is 26.6 Å². The lowest BCUT2D eigenvalue weighted by molar-refractivity contribution is 0.416. The second kappa shape index (κ2) is 5.36. The molecule has 1 rings (SSSR count). The molecule has 0 amide bonds. The first-order valence-corrected chi connectivity index (χ1v) is 7.86. The third kappa shape index (κ3) is 2.89. The Balaban J connectivity index is 2.99. The molecule has 18 heavy (non-hydrogen) atoms. The highest BCUT2D eigenvalue weighted by Crippen LogP contribution is 2.22. The van der Waals surface area contributed by atoms with Gasteiger partial charge in [-0.2, -0.15) is 5.10 Å². The van der Waals surface area contributed by atoms with Crippen molar-refractivity contribution in [2.45, 2.75) is 44.5 Å². The molecule has 0 aromatic carbocycles. The van der Waals surface area contributed by atoms with Crippen LogP contribution in [-0.2, 0) is 22.8 Å². The number of aryl methyl sites for hydroxylation is 1. The monoisotopic (exact) mass is 274 g/mol. The van der Waals surface area contributed by atoms with E-state index >= 15 is 0 Å². The summed E-state index contributed by atoms with van der Waals surface area (Å²) < 4.78 is 24.6. The molecule has 7 heteroatoms. The fourth-order valence-electron chi connectivity index (χ4n) is 1.85. The van der Waals surface area contributed by atoms with Crippen LogP contribution in [0.4, 0.5) is 0 Å². The van der Waals surface area contributed by atoms with Crippen molar-refractivity contribution in [2.75, 3.05) is 13.3 Å². The lowest BCUT2D eigenvalue weighted by Gasteiger charge is -2.32. The molecule has 104 valence electrons. The van der Waals surface area contributed by atoms with Crippen LogP contribution in [-0.4, -0.2) is 47.3 Å². The van der Waals surface area contributed by atoms with Gasteiger partial charge in [0.2, 0.25) is 0 Å². The molecule has 0 saturated heterocycles. The first-order valence-electron chi connectivity index (χ1n) is 5.97. The molecule has 0 aliphatic rings. The number of rotatable bonds is 6. The van der Waals surface area contributed by atoms with Crippen molar-refractivity contribution >= 4 is 9.84 Å². The van der Waals surface area contributed by atoms with Gasteiger partial charge in [0, 0.05) is 25.3 Å². The van der Waals surface area contributed by atoms with Gasteiger partial charge in [-0.05, 0) is 27.8 Å². The number of hydrogen-bond donors (Lipinski definition) is 1. The molecule has 1 unspecified atom stereocenters. The van der Waals surface area contributed by atoms with Crippen molar-refractivity contribution in [2.24, 2.45) is 0 Å². The van der Waals surface area contributed by atoms with Crippen LogP contribution < -0.4 is 5.32 Å². The third-order valence-corrected chi connectivity index (χ3v) is 5.72. The van der Waals surface area contributed by atoms with E-state index < -0.39 is 14.6 Å². The van der Waals surface area contributed by atoms with Crippen molar-refractivity contribution in [3.63, 3.8) is 0 Å². The Morgan fingerprint density at radius 1 is 1.50 bits per heavy atom. The van der Waals surface area contributed by atoms with Crippen molar-refractivity contribution in [1.82, 2.24) is 20.1 Å². The zero-order chi connectivity index (χ0) is 14.0. The Morgan fingerprint density at radius 3 is 2.56 bits per heavy atom. The Kier molecular flexibility index (Phi) is 4.50. The van der Waals surface area contributed by atoms with Gasteiger partial charge in [-0.25, -0.2) is 13.4 Å². The minimum Gasteiger partial charge on any atom is -0.315 e. The Labute approximate surface area is 109 Å². The van der Waals surface area contributed by atoms with Crippen LogP contribution in [0.2, 0.25) is 0 Å². The van der Waals surface area contributed by atoms with E-state index in [4.69, 9.17) is 0 Å². The summed E-state index contributed by atoms with van der Waals surface area (Å²) in [6, 6.07) is -0.206. The normalized spacial score (nSPS) is 14.7. The topological polar surface area (TPSA) is 76.9 Å². The van der Waals surface area contributed by atoms with E-state index in [9.17, 15) is 8.42 Å². The second-order valence-corrected chi connectivity index (χ2v) is 7.51. The summed E-state index contributed by atoms with van der Waals surface area (Å²) in [5, 5.41) is 7.17. The van der Waals surface area contributed by atoms with Crippen LogP contribution in [0, 0.1) is 0 Å². The molecule has 0 aliphatic carbocycles. The van der Waals surface area contributed by atoms with Crippen LogP contribution in [0.3, 0.4) is 0 Å². The van der Waals surface area contributed by atoms with Gasteiger partial charge in [0.25, 0.3) is 0 Å². The van der Waals surface area contributed by atoms with Crippen LogP contribution in [0.15, 0.2) is 6.33 Å². The number of hydrogen-bond acceptors (Lipinski definition) is 5. The highest BCUT2D eigenvalue weighted by atomic mass is 32.2. The first-order chi connectivity index (χ1) is 8.24. The number of likely N-dealkylation sites (N-methyl/N-ethyl adjacent to an activating group) is 1. The van der Waals surface area contributed by atoms with Crippen molar-refractivity contribution < 1.29 is 8.42 Å².